The van der Waals surface area contributed by atoms with Crippen LogP contribution in [0.2, 0.25) is 0 Å². The maximum absolute atomic E-state index is 12.1. The van der Waals surface area contributed by atoms with E-state index in [4.69, 9.17) is 14.2 Å². The quantitative estimate of drug-likeness (QED) is 0.783. The van der Waals surface area contributed by atoms with Crippen molar-refractivity contribution in [1.29, 1.82) is 0 Å². The van der Waals surface area contributed by atoms with Crippen molar-refractivity contribution < 1.29 is 19.0 Å². The first-order chi connectivity index (χ1) is 9.87. The number of rotatable bonds is 2. The Morgan fingerprint density at radius 3 is 2.62 bits per heavy atom. The van der Waals surface area contributed by atoms with E-state index in [-0.39, 0.29) is 17.3 Å². The van der Waals surface area contributed by atoms with Crippen molar-refractivity contribution >= 4 is 6.16 Å². The molecule has 0 bridgehead atoms. The zero-order chi connectivity index (χ0) is 15.5. The standard InChI is InChI=1S/C16H20O5/c1-16(2,3)21-15(18)20-14-11(13-9-6-10-19-13)7-4-5-8-12(14)17/h4-5,7-8,13H,6,9-10H2,1-3H3. The molecule has 1 fully saturated rings. The first kappa shape index (κ1) is 15.5. The van der Waals surface area contributed by atoms with Crippen LogP contribution in [0.1, 0.15) is 45.3 Å². The van der Waals surface area contributed by atoms with Gasteiger partial charge in [-0.25, -0.2) is 4.79 Å². The van der Waals surface area contributed by atoms with E-state index in [1.54, 1.807) is 39.0 Å². The Morgan fingerprint density at radius 1 is 1.29 bits per heavy atom. The van der Waals surface area contributed by atoms with Gasteiger partial charge < -0.3 is 14.2 Å². The van der Waals surface area contributed by atoms with Crippen LogP contribution in [0.3, 0.4) is 0 Å². The van der Waals surface area contributed by atoms with Gasteiger partial charge in [-0.05, 0) is 39.7 Å². The Labute approximate surface area is 123 Å². The first-order valence-corrected chi connectivity index (χ1v) is 7.02. The summed E-state index contributed by atoms with van der Waals surface area (Å²) in [5.41, 5.74) is -0.453. The molecule has 5 heteroatoms. The monoisotopic (exact) mass is 292 g/mol. The topological polar surface area (TPSA) is 61.8 Å². The Bertz CT molecular complexity index is 568. The average Bonchev–Trinajstić information content (AvgIpc) is 2.82. The van der Waals surface area contributed by atoms with Crippen LogP contribution in [-0.4, -0.2) is 18.4 Å². The molecule has 0 radical (unpaired) electrons. The van der Waals surface area contributed by atoms with E-state index in [1.165, 1.54) is 6.07 Å². The van der Waals surface area contributed by atoms with E-state index in [0.717, 1.165) is 12.8 Å². The third-order valence-electron chi connectivity index (χ3n) is 2.97. The minimum absolute atomic E-state index is 0.0128. The molecule has 1 aliphatic rings. The largest absolute Gasteiger partial charge is 0.514 e. The maximum atomic E-state index is 12.1. The number of ether oxygens (including phenoxy) is 3. The minimum atomic E-state index is -0.884. The summed E-state index contributed by atoms with van der Waals surface area (Å²) in [6.07, 6.45) is 0.616. The Hall–Kier alpha value is -1.88. The second kappa shape index (κ2) is 6.26. The summed E-state index contributed by atoms with van der Waals surface area (Å²) in [5, 5.41) is 0. The fourth-order valence-corrected chi connectivity index (χ4v) is 2.14. The first-order valence-electron chi connectivity index (χ1n) is 7.02. The Morgan fingerprint density at radius 2 is 2.00 bits per heavy atom. The summed E-state index contributed by atoms with van der Waals surface area (Å²) >= 11 is 0. The van der Waals surface area contributed by atoms with E-state index in [1.807, 2.05) is 0 Å². The Kier molecular flexibility index (Phi) is 4.63. The summed E-state index contributed by atoms with van der Waals surface area (Å²) in [6, 6.07) is 6.46. The molecule has 0 spiro atoms. The normalized spacial score (nSPS) is 18.3. The lowest BCUT2D eigenvalue weighted by Crippen LogP contribution is -2.27. The van der Waals surface area contributed by atoms with Crippen molar-refractivity contribution in [2.45, 2.75) is 45.3 Å². The predicted octanol–water partition coefficient (Wildman–Crippen LogP) is 3.21. The lowest BCUT2D eigenvalue weighted by Gasteiger charge is -2.19. The van der Waals surface area contributed by atoms with Crippen molar-refractivity contribution in [2.75, 3.05) is 6.61 Å². The minimum Gasteiger partial charge on any atom is -0.428 e. The van der Waals surface area contributed by atoms with Crippen molar-refractivity contribution in [3.63, 3.8) is 0 Å². The van der Waals surface area contributed by atoms with Crippen LogP contribution < -0.4 is 10.2 Å². The van der Waals surface area contributed by atoms with Crippen LogP contribution in [0, 0.1) is 0 Å². The second-order valence-corrected chi connectivity index (χ2v) is 5.94. The molecule has 0 aromatic heterocycles. The maximum Gasteiger partial charge on any atom is 0.514 e. The van der Waals surface area contributed by atoms with Crippen LogP contribution in [0.15, 0.2) is 29.1 Å². The molecule has 114 valence electrons. The second-order valence-electron chi connectivity index (χ2n) is 5.94. The number of carbonyl (C=O) groups is 1. The predicted molar refractivity (Wildman–Crippen MR) is 77.5 cm³/mol. The molecule has 0 aliphatic carbocycles. The highest BCUT2D eigenvalue weighted by molar-refractivity contribution is 5.65. The van der Waals surface area contributed by atoms with E-state index in [9.17, 15) is 9.59 Å². The van der Waals surface area contributed by atoms with Crippen LogP contribution in [0.4, 0.5) is 4.79 Å². The molecule has 0 N–H and O–H groups in total. The molecule has 1 aliphatic heterocycles. The van der Waals surface area contributed by atoms with Gasteiger partial charge in [0.15, 0.2) is 5.75 Å². The molecule has 1 aromatic carbocycles. The summed E-state index contributed by atoms with van der Waals surface area (Å²) in [5.74, 6) is -0.0128. The SMILES string of the molecule is CC(C)(C)OC(=O)Oc1c(C2CCCO2)ccccc1=O. The molecule has 1 atom stereocenters. The van der Waals surface area contributed by atoms with Crippen LogP contribution in [0.25, 0.3) is 0 Å². The van der Waals surface area contributed by atoms with Gasteiger partial charge in [0.25, 0.3) is 0 Å². The van der Waals surface area contributed by atoms with Crippen LogP contribution in [-0.2, 0) is 9.47 Å². The fourth-order valence-electron chi connectivity index (χ4n) is 2.14. The Balaban J connectivity index is 2.31. The molecule has 1 saturated heterocycles. The molecule has 2 rings (SSSR count). The van der Waals surface area contributed by atoms with E-state index in [2.05, 4.69) is 0 Å². The van der Waals surface area contributed by atoms with Crippen molar-refractivity contribution in [3.8, 4) is 5.75 Å². The molecule has 1 heterocycles. The highest BCUT2D eigenvalue weighted by Gasteiger charge is 2.25. The van der Waals surface area contributed by atoms with Gasteiger partial charge in [-0.2, -0.15) is 0 Å². The van der Waals surface area contributed by atoms with E-state index >= 15 is 0 Å². The number of hydrogen-bond donors (Lipinski definition) is 0. The van der Waals surface area contributed by atoms with Gasteiger partial charge in [-0.1, -0.05) is 18.2 Å². The van der Waals surface area contributed by atoms with Gasteiger partial charge in [0.05, 0.1) is 6.10 Å². The van der Waals surface area contributed by atoms with Crippen molar-refractivity contribution in [2.24, 2.45) is 0 Å². The third-order valence-corrected chi connectivity index (χ3v) is 2.97. The zero-order valence-electron chi connectivity index (χ0n) is 12.5. The van der Waals surface area contributed by atoms with Gasteiger partial charge in [0, 0.05) is 12.2 Å². The molecular weight excluding hydrogens is 272 g/mol. The summed E-state index contributed by atoms with van der Waals surface area (Å²) in [4.78, 5) is 23.9. The van der Waals surface area contributed by atoms with Gasteiger partial charge >= 0.3 is 6.16 Å². The number of hydrogen-bond acceptors (Lipinski definition) is 5. The molecule has 0 amide bonds. The highest BCUT2D eigenvalue weighted by atomic mass is 16.7. The average molecular weight is 292 g/mol. The lowest BCUT2D eigenvalue weighted by molar-refractivity contribution is 0.0194. The van der Waals surface area contributed by atoms with E-state index < -0.39 is 11.8 Å². The fraction of sp³-hybridized carbons (Fsp3) is 0.500. The highest BCUT2D eigenvalue weighted by Crippen LogP contribution is 2.32. The molecule has 1 unspecified atom stereocenters. The van der Waals surface area contributed by atoms with Crippen molar-refractivity contribution in [1.82, 2.24) is 0 Å². The molecule has 5 nitrogen and oxygen atoms in total. The molecular formula is C16H20O5. The zero-order valence-corrected chi connectivity index (χ0v) is 12.5. The van der Waals surface area contributed by atoms with Gasteiger partial charge in [0.1, 0.15) is 5.60 Å². The third kappa shape index (κ3) is 4.29. The van der Waals surface area contributed by atoms with Gasteiger partial charge in [-0.3, -0.25) is 4.79 Å². The number of carbonyl (C=O) groups excluding carboxylic acids is 1. The molecule has 1 aromatic rings. The summed E-state index contributed by atoms with van der Waals surface area (Å²) < 4.78 is 15.9. The molecule has 21 heavy (non-hydrogen) atoms. The van der Waals surface area contributed by atoms with Gasteiger partial charge in [-0.15, -0.1) is 0 Å². The lowest BCUT2D eigenvalue weighted by atomic mass is 10.1. The van der Waals surface area contributed by atoms with Gasteiger partial charge in [0.2, 0.25) is 5.43 Å². The van der Waals surface area contributed by atoms with E-state index in [0.29, 0.717) is 12.2 Å². The van der Waals surface area contributed by atoms with Crippen LogP contribution in [0.5, 0.6) is 5.75 Å². The summed E-state index contributed by atoms with van der Waals surface area (Å²) in [6.45, 7) is 5.85. The summed E-state index contributed by atoms with van der Waals surface area (Å²) in [7, 11) is 0. The smallest absolute Gasteiger partial charge is 0.428 e. The van der Waals surface area contributed by atoms with Crippen molar-refractivity contribution in [3.05, 3.63) is 40.1 Å². The molecule has 0 saturated carbocycles. The van der Waals surface area contributed by atoms with Crippen LogP contribution >= 0.6 is 0 Å².